The third-order valence-electron chi connectivity index (χ3n) is 3.18. The SMILES string of the molecule is COc1ccc2c(CC(=O)Nc3ccncc3)coc2c1. The van der Waals surface area contributed by atoms with Crippen molar-refractivity contribution in [1.82, 2.24) is 4.98 Å². The zero-order valence-electron chi connectivity index (χ0n) is 11.5. The minimum Gasteiger partial charge on any atom is -0.497 e. The van der Waals surface area contributed by atoms with Crippen molar-refractivity contribution in [3.8, 4) is 5.75 Å². The van der Waals surface area contributed by atoms with E-state index in [1.807, 2.05) is 12.1 Å². The third-order valence-corrected chi connectivity index (χ3v) is 3.18. The number of methoxy groups -OCH3 is 1. The van der Waals surface area contributed by atoms with E-state index in [0.717, 1.165) is 22.4 Å². The van der Waals surface area contributed by atoms with Crippen LogP contribution >= 0.6 is 0 Å². The van der Waals surface area contributed by atoms with E-state index < -0.39 is 0 Å². The van der Waals surface area contributed by atoms with Crippen molar-refractivity contribution in [2.45, 2.75) is 6.42 Å². The first-order chi connectivity index (χ1) is 10.3. The summed E-state index contributed by atoms with van der Waals surface area (Å²) in [4.78, 5) is 16.0. The van der Waals surface area contributed by atoms with Crippen LogP contribution in [0.15, 0.2) is 53.4 Å². The molecule has 0 aliphatic heterocycles. The Kier molecular flexibility index (Phi) is 3.55. The molecule has 0 bridgehead atoms. The Bertz CT molecular complexity index is 766. The summed E-state index contributed by atoms with van der Waals surface area (Å²) in [6, 6.07) is 9.04. The third kappa shape index (κ3) is 2.86. The summed E-state index contributed by atoms with van der Waals surface area (Å²) in [6.07, 6.45) is 5.13. The number of pyridine rings is 1. The van der Waals surface area contributed by atoms with Gasteiger partial charge in [0.25, 0.3) is 0 Å². The van der Waals surface area contributed by atoms with E-state index in [4.69, 9.17) is 9.15 Å². The minimum atomic E-state index is -0.0975. The van der Waals surface area contributed by atoms with E-state index in [0.29, 0.717) is 5.58 Å². The second kappa shape index (κ2) is 5.66. The molecule has 3 rings (SSSR count). The van der Waals surface area contributed by atoms with Crippen molar-refractivity contribution < 1.29 is 13.9 Å². The van der Waals surface area contributed by atoms with Gasteiger partial charge in [-0.15, -0.1) is 0 Å². The van der Waals surface area contributed by atoms with Crippen LogP contribution in [0.25, 0.3) is 11.0 Å². The molecule has 0 unspecified atom stereocenters. The van der Waals surface area contributed by atoms with Gasteiger partial charge in [0.2, 0.25) is 5.91 Å². The maximum Gasteiger partial charge on any atom is 0.228 e. The van der Waals surface area contributed by atoms with Gasteiger partial charge in [-0.25, -0.2) is 0 Å². The van der Waals surface area contributed by atoms with Gasteiger partial charge in [0.15, 0.2) is 0 Å². The standard InChI is InChI=1S/C16H14N2O3/c1-20-13-2-3-14-11(10-21-15(14)9-13)8-16(19)18-12-4-6-17-7-5-12/h2-7,9-10H,8H2,1H3,(H,17,18,19). The molecule has 5 nitrogen and oxygen atoms in total. The predicted octanol–water partition coefficient (Wildman–Crippen LogP) is 3.02. The molecule has 0 atom stereocenters. The van der Waals surface area contributed by atoms with Gasteiger partial charge < -0.3 is 14.5 Å². The molecule has 21 heavy (non-hydrogen) atoms. The van der Waals surface area contributed by atoms with Crippen LogP contribution in [0.5, 0.6) is 5.75 Å². The summed E-state index contributed by atoms with van der Waals surface area (Å²) >= 11 is 0. The number of nitrogens with zero attached hydrogens (tertiary/aromatic N) is 1. The Morgan fingerprint density at radius 2 is 2.10 bits per heavy atom. The van der Waals surface area contributed by atoms with Crippen LogP contribution in [-0.2, 0) is 11.2 Å². The van der Waals surface area contributed by atoms with E-state index in [9.17, 15) is 4.79 Å². The van der Waals surface area contributed by atoms with Crippen molar-refractivity contribution in [2.24, 2.45) is 0 Å². The van der Waals surface area contributed by atoms with Crippen LogP contribution in [0.3, 0.4) is 0 Å². The molecule has 1 aromatic carbocycles. The highest BCUT2D eigenvalue weighted by Gasteiger charge is 2.11. The Morgan fingerprint density at radius 3 is 2.86 bits per heavy atom. The zero-order chi connectivity index (χ0) is 14.7. The molecule has 0 saturated carbocycles. The van der Waals surface area contributed by atoms with Gasteiger partial charge in [0.05, 0.1) is 19.8 Å². The van der Waals surface area contributed by atoms with E-state index in [-0.39, 0.29) is 12.3 Å². The average Bonchev–Trinajstić information content (AvgIpc) is 2.90. The van der Waals surface area contributed by atoms with Crippen LogP contribution in [-0.4, -0.2) is 18.0 Å². The Balaban J connectivity index is 1.77. The molecular formula is C16H14N2O3. The molecule has 2 heterocycles. The number of ether oxygens (including phenoxy) is 1. The summed E-state index contributed by atoms with van der Waals surface area (Å²) in [6.45, 7) is 0. The van der Waals surface area contributed by atoms with Crippen LogP contribution < -0.4 is 10.1 Å². The normalized spacial score (nSPS) is 10.5. The molecular weight excluding hydrogens is 268 g/mol. The number of amides is 1. The molecule has 0 fully saturated rings. The van der Waals surface area contributed by atoms with Gasteiger partial charge in [-0.2, -0.15) is 0 Å². The molecule has 1 N–H and O–H groups in total. The Hall–Kier alpha value is -2.82. The number of benzene rings is 1. The molecule has 0 aliphatic rings. The van der Waals surface area contributed by atoms with Crippen LogP contribution in [0.4, 0.5) is 5.69 Å². The van der Waals surface area contributed by atoms with Crippen LogP contribution in [0.2, 0.25) is 0 Å². The van der Waals surface area contributed by atoms with E-state index in [1.54, 1.807) is 44.0 Å². The number of hydrogen-bond donors (Lipinski definition) is 1. The van der Waals surface area contributed by atoms with Gasteiger partial charge in [-0.1, -0.05) is 0 Å². The molecule has 5 heteroatoms. The number of nitrogens with one attached hydrogen (secondary N) is 1. The number of furan rings is 1. The first kappa shape index (κ1) is 13.2. The van der Waals surface area contributed by atoms with Crippen molar-refractivity contribution in [2.75, 3.05) is 12.4 Å². The molecule has 0 aliphatic carbocycles. The van der Waals surface area contributed by atoms with Crippen molar-refractivity contribution in [1.29, 1.82) is 0 Å². The lowest BCUT2D eigenvalue weighted by atomic mass is 10.1. The number of aromatic nitrogens is 1. The molecule has 2 aromatic heterocycles. The number of carbonyl (C=O) groups is 1. The molecule has 1 amide bonds. The van der Waals surface area contributed by atoms with E-state index >= 15 is 0 Å². The lowest BCUT2D eigenvalue weighted by Gasteiger charge is -2.03. The first-order valence-electron chi connectivity index (χ1n) is 6.50. The fourth-order valence-corrected chi connectivity index (χ4v) is 2.14. The second-order valence-corrected chi connectivity index (χ2v) is 4.58. The minimum absolute atomic E-state index is 0.0975. The van der Waals surface area contributed by atoms with Gasteiger partial charge in [-0.05, 0) is 24.3 Å². The summed E-state index contributed by atoms with van der Waals surface area (Å²) in [5.41, 5.74) is 2.28. The van der Waals surface area contributed by atoms with Crippen molar-refractivity contribution in [3.05, 3.63) is 54.6 Å². The Morgan fingerprint density at radius 1 is 1.29 bits per heavy atom. The van der Waals surface area contributed by atoms with Gasteiger partial charge in [0, 0.05) is 35.1 Å². The van der Waals surface area contributed by atoms with Crippen LogP contribution in [0.1, 0.15) is 5.56 Å². The summed E-state index contributed by atoms with van der Waals surface area (Å²) in [7, 11) is 1.60. The summed E-state index contributed by atoms with van der Waals surface area (Å²) in [5, 5.41) is 3.74. The van der Waals surface area contributed by atoms with Crippen molar-refractivity contribution in [3.63, 3.8) is 0 Å². The highest BCUT2D eigenvalue weighted by molar-refractivity contribution is 5.95. The zero-order valence-corrected chi connectivity index (χ0v) is 11.5. The maximum absolute atomic E-state index is 12.0. The molecule has 0 radical (unpaired) electrons. The topological polar surface area (TPSA) is 64.4 Å². The molecule has 106 valence electrons. The second-order valence-electron chi connectivity index (χ2n) is 4.58. The largest absolute Gasteiger partial charge is 0.497 e. The summed E-state index contributed by atoms with van der Waals surface area (Å²) < 4.78 is 10.6. The van der Waals surface area contributed by atoms with Gasteiger partial charge in [0.1, 0.15) is 11.3 Å². The highest BCUT2D eigenvalue weighted by atomic mass is 16.5. The summed E-state index contributed by atoms with van der Waals surface area (Å²) in [5.74, 6) is 0.629. The Labute approximate surface area is 121 Å². The number of fused-ring (bicyclic) bond motifs is 1. The maximum atomic E-state index is 12.0. The highest BCUT2D eigenvalue weighted by Crippen LogP contribution is 2.26. The molecule has 0 spiro atoms. The smallest absolute Gasteiger partial charge is 0.228 e. The lowest BCUT2D eigenvalue weighted by molar-refractivity contribution is -0.115. The van der Waals surface area contributed by atoms with E-state index in [2.05, 4.69) is 10.3 Å². The predicted molar refractivity (Wildman–Crippen MR) is 79.3 cm³/mol. The fraction of sp³-hybridized carbons (Fsp3) is 0.125. The number of anilines is 1. The van der Waals surface area contributed by atoms with Gasteiger partial charge >= 0.3 is 0 Å². The van der Waals surface area contributed by atoms with E-state index in [1.165, 1.54) is 0 Å². The van der Waals surface area contributed by atoms with Crippen molar-refractivity contribution >= 4 is 22.6 Å². The van der Waals surface area contributed by atoms with Gasteiger partial charge in [-0.3, -0.25) is 9.78 Å². The molecule has 0 saturated heterocycles. The average molecular weight is 282 g/mol. The fourth-order valence-electron chi connectivity index (χ4n) is 2.14. The monoisotopic (exact) mass is 282 g/mol. The lowest BCUT2D eigenvalue weighted by Crippen LogP contribution is -2.14. The number of rotatable bonds is 4. The number of hydrogen-bond acceptors (Lipinski definition) is 4. The number of carbonyl (C=O) groups excluding carboxylic acids is 1. The quantitative estimate of drug-likeness (QED) is 0.799. The molecule has 3 aromatic rings. The first-order valence-corrected chi connectivity index (χ1v) is 6.50. The van der Waals surface area contributed by atoms with Crippen LogP contribution in [0, 0.1) is 0 Å².